The first kappa shape index (κ1) is 15.6. The molecule has 1 aliphatic rings. The fourth-order valence-corrected chi connectivity index (χ4v) is 4.16. The van der Waals surface area contributed by atoms with Crippen LogP contribution in [-0.2, 0) is 10.0 Å². The molecule has 0 aliphatic carbocycles. The third-order valence-corrected chi connectivity index (χ3v) is 5.30. The summed E-state index contributed by atoms with van der Waals surface area (Å²) in [7, 11) is -3.71. The van der Waals surface area contributed by atoms with Crippen molar-refractivity contribution in [2.75, 3.05) is 5.73 Å². The van der Waals surface area contributed by atoms with Crippen LogP contribution < -0.4 is 10.6 Å². The Morgan fingerprint density at radius 3 is 2.50 bits per heavy atom. The molecule has 20 heavy (non-hydrogen) atoms. The Labute approximate surface area is 125 Å². The van der Waals surface area contributed by atoms with Crippen molar-refractivity contribution in [3.63, 3.8) is 0 Å². The van der Waals surface area contributed by atoms with Gasteiger partial charge in [-0.25, -0.2) is 13.4 Å². The summed E-state index contributed by atoms with van der Waals surface area (Å²) in [5.74, 6) is 0. The minimum atomic E-state index is -3.71. The summed E-state index contributed by atoms with van der Waals surface area (Å²) in [6, 6.07) is 4.77. The first-order chi connectivity index (χ1) is 9.31. The highest BCUT2D eigenvalue weighted by molar-refractivity contribution is 7.89. The van der Waals surface area contributed by atoms with Crippen LogP contribution in [0.1, 0.15) is 33.1 Å². The van der Waals surface area contributed by atoms with E-state index in [1.54, 1.807) is 11.1 Å². The monoisotopic (exact) mass is 317 g/mol. The standard InChI is InChI=1S/C13H20ClN3O2S/c1-9-4-3-5-10(2)17(9)16-20(18,19)13-8-11(14)6-7-12(13)15/h6-10,16H,3-5,15H2,1-2H3. The molecule has 1 saturated heterocycles. The summed E-state index contributed by atoms with van der Waals surface area (Å²) < 4.78 is 24.9. The van der Waals surface area contributed by atoms with E-state index in [-0.39, 0.29) is 22.7 Å². The van der Waals surface area contributed by atoms with Crippen LogP contribution in [0.15, 0.2) is 23.1 Å². The van der Waals surface area contributed by atoms with Crippen molar-refractivity contribution >= 4 is 27.3 Å². The zero-order chi connectivity index (χ0) is 14.9. The van der Waals surface area contributed by atoms with E-state index < -0.39 is 10.0 Å². The number of nitrogens with zero attached hydrogens (tertiary/aromatic N) is 1. The van der Waals surface area contributed by atoms with Gasteiger partial charge in [-0.1, -0.05) is 18.0 Å². The van der Waals surface area contributed by atoms with E-state index in [2.05, 4.69) is 4.83 Å². The molecule has 0 saturated carbocycles. The topological polar surface area (TPSA) is 75.4 Å². The molecule has 0 bridgehead atoms. The van der Waals surface area contributed by atoms with Crippen LogP contribution in [0.2, 0.25) is 5.02 Å². The van der Waals surface area contributed by atoms with Crippen molar-refractivity contribution in [2.45, 2.75) is 50.1 Å². The summed E-state index contributed by atoms with van der Waals surface area (Å²) in [4.78, 5) is 2.67. The van der Waals surface area contributed by atoms with Crippen molar-refractivity contribution < 1.29 is 8.42 Å². The predicted molar refractivity (Wildman–Crippen MR) is 80.8 cm³/mol. The molecule has 5 nitrogen and oxygen atoms in total. The lowest BCUT2D eigenvalue weighted by Gasteiger charge is -2.38. The van der Waals surface area contributed by atoms with Crippen molar-refractivity contribution in [3.05, 3.63) is 23.2 Å². The van der Waals surface area contributed by atoms with Crippen LogP contribution in [-0.4, -0.2) is 25.5 Å². The molecule has 112 valence electrons. The third-order valence-electron chi connectivity index (χ3n) is 3.68. The zero-order valence-corrected chi connectivity index (χ0v) is 13.2. The summed E-state index contributed by atoms with van der Waals surface area (Å²) in [6.07, 6.45) is 3.05. The largest absolute Gasteiger partial charge is 0.398 e. The van der Waals surface area contributed by atoms with Crippen LogP contribution in [0.25, 0.3) is 0 Å². The zero-order valence-electron chi connectivity index (χ0n) is 11.6. The molecule has 3 N–H and O–H groups in total. The fraction of sp³-hybridized carbons (Fsp3) is 0.538. The average molecular weight is 318 g/mol. The number of sulfonamides is 1. The van der Waals surface area contributed by atoms with E-state index in [4.69, 9.17) is 17.3 Å². The SMILES string of the molecule is CC1CCCC(C)N1NS(=O)(=O)c1cc(Cl)ccc1N. The molecule has 7 heteroatoms. The van der Waals surface area contributed by atoms with Crippen molar-refractivity contribution in [2.24, 2.45) is 0 Å². The number of hydrogen-bond acceptors (Lipinski definition) is 4. The highest BCUT2D eigenvalue weighted by Gasteiger charge is 2.30. The van der Waals surface area contributed by atoms with Gasteiger partial charge in [-0.05, 0) is 44.9 Å². The summed E-state index contributed by atoms with van der Waals surface area (Å²) in [5.41, 5.74) is 5.95. The molecule has 0 spiro atoms. The first-order valence-electron chi connectivity index (χ1n) is 6.67. The summed E-state index contributed by atoms with van der Waals surface area (Å²) >= 11 is 5.86. The van der Waals surface area contributed by atoms with E-state index in [9.17, 15) is 8.42 Å². The number of nitrogens with two attached hydrogens (primary N) is 1. The van der Waals surface area contributed by atoms with Crippen LogP contribution >= 0.6 is 11.6 Å². The minimum Gasteiger partial charge on any atom is -0.398 e. The smallest absolute Gasteiger partial charge is 0.255 e. The Balaban J connectivity index is 2.28. The van der Waals surface area contributed by atoms with Gasteiger partial charge in [0.25, 0.3) is 10.0 Å². The van der Waals surface area contributed by atoms with Crippen molar-refractivity contribution in [3.8, 4) is 0 Å². The molecule has 2 rings (SSSR count). The molecule has 0 radical (unpaired) electrons. The number of nitrogens with one attached hydrogen (secondary N) is 1. The number of anilines is 1. The van der Waals surface area contributed by atoms with Crippen molar-refractivity contribution in [1.29, 1.82) is 0 Å². The number of halogens is 1. The third kappa shape index (κ3) is 3.25. The Bertz CT molecular complexity index is 581. The van der Waals surface area contributed by atoms with Crippen LogP contribution in [0.4, 0.5) is 5.69 Å². The minimum absolute atomic E-state index is 0.0231. The number of benzene rings is 1. The van der Waals surface area contributed by atoms with Gasteiger partial charge < -0.3 is 5.73 Å². The average Bonchev–Trinajstić information content (AvgIpc) is 2.37. The lowest BCUT2D eigenvalue weighted by atomic mass is 10.0. The van der Waals surface area contributed by atoms with E-state index in [0.29, 0.717) is 5.02 Å². The predicted octanol–water partition coefficient (Wildman–Crippen LogP) is 2.38. The molecule has 0 aromatic heterocycles. The Morgan fingerprint density at radius 2 is 1.90 bits per heavy atom. The maximum atomic E-state index is 12.5. The number of hydrogen-bond donors (Lipinski definition) is 2. The molecular formula is C13H20ClN3O2S. The van der Waals surface area contributed by atoms with Crippen LogP contribution in [0.3, 0.4) is 0 Å². The quantitative estimate of drug-likeness (QED) is 0.839. The van der Waals surface area contributed by atoms with E-state index >= 15 is 0 Å². The number of piperidine rings is 1. The Morgan fingerprint density at radius 1 is 1.30 bits per heavy atom. The normalized spacial score (nSPS) is 24.8. The van der Waals surface area contributed by atoms with Gasteiger partial charge in [0.15, 0.2) is 0 Å². The van der Waals surface area contributed by atoms with Crippen LogP contribution in [0, 0.1) is 0 Å². The fourth-order valence-electron chi connectivity index (χ4n) is 2.53. The Hall–Kier alpha value is -0.820. The van der Waals surface area contributed by atoms with Gasteiger partial charge in [0.1, 0.15) is 4.90 Å². The van der Waals surface area contributed by atoms with Crippen molar-refractivity contribution in [1.82, 2.24) is 9.84 Å². The van der Waals surface area contributed by atoms with Gasteiger partial charge in [0, 0.05) is 17.1 Å². The summed E-state index contributed by atoms with van der Waals surface area (Å²) in [6.45, 7) is 4.03. The maximum absolute atomic E-state index is 12.5. The number of rotatable bonds is 3. The van der Waals surface area contributed by atoms with E-state index in [1.807, 2.05) is 13.8 Å². The molecule has 1 heterocycles. The van der Waals surface area contributed by atoms with Gasteiger partial charge in [-0.2, -0.15) is 0 Å². The number of nitrogen functional groups attached to an aromatic ring is 1. The van der Waals surface area contributed by atoms with E-state index in [1.165, 1.54) is 12.1 Å². The second kappa shape index (κ2) is 5.89. The molecule has 1 aromatic rings. The highest BCUT2D eigenvalue weighted by Crippen LogP contribution is 2.25. The Kier molecular flexibility index (Phi) is 4.59. The summed E-state index contributed by atoms with van der Waals surface area (Å²) in [5, 5.41) is 2.14. The van der Waals surface area contributed by atoms with Gasteiger partial charge in [0.2, 0.25) is 0 Å². The maximum Gasteiger partial charge on any atom is 0.255 e. The lowest BCUT2D eigenvalue weighted by molar-refractivity contribution is 0.0790. The number of hydrazine groups is 1. The highest BCUT2D eigenvalue weighted by atomic mass is 35.5. The molecule has 1 aromatic carbocycles. The lowest BCUT2D eigenvalue weighted by Crippen LogP contribution is -2.54. The second-order valence-electron chi connectivity index (χ2n) is 5.31. The van der Waals surface area contributed by atoms with Crippen LogP contribution in [0.5, 0.6) is 0 Å². The molecular weight excluding hydrogens is 298 g/mol. The first-order valence-corrected chi connectivity index (χ1v) is 8.53. The molecule has 2 unspecified atom stereocenters. The molecule has 1 aliphatic heterocycles. The van der Waals surface area contributed by atoms with E-state index in [0.717, 1.165) is 19.3 Å². The van der Waals surface area contributed by atoms with Gasteiger partial charge in [-0.3, -0.25) is 0 Å². The molecule has 0 amide bonds. The second-order valence-corrected chi connectivity index (χ2v) is 7.38. The molecule has 2 atom stereocenters. The molecule has 1 fully saturated rings. The van der Waals surface area contributed by atoms with Gasteiger partial charge in [0.05, 0.1) is 5.69 Å². The van der Waals surface area contributed by atoms with Gasteiger partial charge >= 0.3 is 0 Å². The van der Waals surface area contributed by atoms with Gasteiger partial charge in [-0.15, -0.1) is 4.83 Å².